The van der Waals surface area contributed by atoms with E-state index in [0.29, 0.717) is 0 Å². The normalized spacial score (nSPS) is 13.2. The Labute approximate surface area is 118 Å². The van der Waals surface area contributed by atoms with E-state index in [4.69, 9.17) is 0 Å². The highest BCUT2D eigenvalue weighted by Crippen LogP contribution is 2.36. The summed E-state index contributed by atoms with van der Waals surface area (Å²) in [4.78, 5) is 0. The van der Waals surface area contributed by atoms with Crippen LogP contribution >= 0.6 is 0 Å². The second kappa shape index (κ2) is 5.71. The van der Waals surface area contributed by atoms with E-state index in [9.17, 15) is 8.78 Å². The Hall–Kier alpha value is -1.74. The SMILES string of the molecule is CNC(c1ccc(F)c(F)c1)C(C)(C)c1ccccc1. The van der Waals surface area contributed by atoms with Gasteiger partial charge in [0.15, 0.2) is 11.6 Å². The van der Waals surface area contributed by atoms with Crippen LogP contribution in [-0.2, 0) is 5.41 Å². The summed E-state index contributed by atoms with van der Waals surface area (Å²) in [5, 5.41) is 3.21. The molecule has 1 nitrogen and oxygen atoms in total. The molecule has 0 aliphatic heterocycles. The quantitative estimate of drug-likeness (QED) is 0.881. The first-order valence-electron chi connectivity index (χ1n) is 6.64. The van der Waals surface area contributed by atoms with Crippen LogP contribution in [0, 0.1) is 11.6 Å². The topological polar surface area (TPSA) is 12.0 Å². The molecule has 106 valence electrons. The molecule has 3 heteroatoms. The minimum Gasteiger partial charge on any atom is -0.312 e. The first-order valence-corrected chi connectivity index (χ1v) is 6.64. The maximum absolute atomic E-state index is 13.5. The summed E-state index contributed by atoms with van der Waals surface area (Å²) in [5.74, 6) is -1.63. The minimum absolute atomic E-state index is 0.111. The molecule has 0 bridgehead atoms. The van der Waals surface area contributed by atoms with E-state index in [1.54, 1.807) is 6.07 Å². The van der Waals surface area contributed by atoms with Crippen molar-refractivity contribution in [1.82, 2.24) is 5.32 Å². The lowest BCUT2D eigenvalue weighted by molar-refractivity contribution is 0.366. The third-order valence-corrected chi connectivity index (χ3v) is 3.81. The molecule has 2 rings (SSSR count). The Bertz CT molecular complexity index is 579. The van der Waals surface area contributed by atoms with Gasteiger partial charge >= 0.3 is 0 Å². The Morgan fingerprint density at radius 3 is 2.15 bits per heavy atom. The van der Waals surface area contributed by atoms with Crippen molar-refractivity contribution in [2.75, 3.05) is 7.05 Å². The van der Waals surface area contributed by atoms with Crippen LogP contribution in [0.1, 0.15) is 31.0 Å². The zero-order valence-electron chi connectivity index (χ0n) is 12.0. The molecule has 20 heavy (non-hydrogen) atoms. The molecule has 1 atom stereocenters. The predicted molar refractivity (Wildman–Crippen MR) is 77.6 cm³/mol. The molecule has 2 aromatic rings. The number of hydrogen-bond donors (Lipinski definition) is 1. The average Bonchev–Trinajstić information content (AvgIpc) is 2.44. The van der Waals surface area contributed by atoms with Crippen molar-refractivity contribution >= 4 is 0 Å². The van der Waals surface area contributed by atoms with E-state index < -0.39 is 11.6 Å². The van der Waals surface area contributed by atoms with E-state index >= 15 is 0 Å². The van der Waals surface area contributed by atoms with Gasteiger partial charge in [-0.05, 0) is 30.3 Å². The lowest BCUT2D eigenvalue weighted by Gasteiger charge is -2.35. The van der Waals surface area contributed by atoms with Crippen LogP contribution in [-0.4, -0.2) is 7.05 Å². The predicted octanol–water partition coefficient (Wildman–Crippen LogP) is 4.20. The average molecular weight is 275 g/mol. The van der Waals surface area contributed by atoms with Crippen LogP contribution in [0.3, 0.4) is 0 Å². The summed E-state index contributed by atoms with van der Waals surface area (Å²) >= 11 is 0. The minimum atomic E-state index is -0.818. The van der Waals surface area contributed by atoms with Gasteiger partial charge in [-0.2, -0.15) is 0 Å². The smallest absolute Gasteiger partial charge is 0.159 e. The van der Waals surface area contributed by atoms with Crippen molar-refractivity contribution < 1.29 is 8.78 Å². The zero-order chi connectivity index (χ0) is 14.8. The zero-order valence-corrected chi connectivity index (χ0v) is 12.0. The number of rotatable bonds is 4. The molecule has 0 aliphatic carbocycles. The molecular weight excluding hydrogens is 256 g/mol. The molecule has 1 unspecified atom stereocenters. The number of hydrogen-bond acceptors (Lipinski definition) is 1. The number of benzene rings is 2. The number of nitrogens with one attached hydrogen (secondary N) is 1. The van der Waals surface area contributed by atoms with Crippen molar-refractivity contribution in [3.63, 3.8) is 0 Å². The standard InChI is InChI=1S/C17H19F2N/c1-17(2,13-7-5-4-6-8-13)16(20-3)12-9-10-14(18)15(19)11-12/h4-11,16,20H,1-3H3. The van der Waals surface area contributed by atoms with E-state index in [2.05, 4.69) is 19.2 Å². The van der Waals surface area contributed by atoms with Gasteiger partial charge in [0.2, 0.25) is 0 Å². The van der Waals surface area contributed by atoms with E-state index in [1.807, 2.05) is 37.4 Å². The molecule has 0 aromatic heterocycles. The van der Waals surface area contributed by atoms with Crippen LogP contribution < -0.4 is 5.32 Å². The Morgan fingerprint density at radius 1 is 0.950 bits per heavy atom. The van der Waals surface area contributed by atoms with Gasteiger partial charge < -0.3 is 5.32 Å². The Kier molecular flexibility index (Phi) is 4.19. The van der Waals surface area contributed by atoms with Crippen molar-refractivity contribution in [2.45, 2.75) is 25.3 Å². The molecular formula is C17H19F2N. The van der Waals surface area contributed by atoms with E-state index in [1.165, 1.54) is 12.1 Å². The number of likely N-dealkylation sites (N-methyl/N-ethyl adjacent to an activating group) is 1. The van der Waals surface area contributed by atoms with Gasteiger partial charge in [-0.25, -0.2) is 8.78 Å². The van der Waals surface area contributed by atoms with Crippen LogP contribution in [0.5, 0.6) is 0 Å². The fourth-order valence-electron chi connectivity index (χ4n) is 2.67. The number of halogens is 2. The highest BCUT2D eigenvalue weighted by molar-refractivity contribution is 5.32. The molecule has 0 saturated carbocycles. The van der Waals surface area contributed by atoms with Gasteiger partial charge in [-0.1, -0.05) is 50.2 Å². The van der Waals surface area contributed by atoms with Crippen molar-refractivity contribution in [1.29, 1.82) is 0 Å². The summed E-state index contributed by atoms with van der Waals surface area (Å²) in [7, 11) is 1.83. The molecule has 0 saturated heterocycles. The van der Waals surface area contributed by atoms with Gasteiger partial charge in [0, 0.05) is 11.5 Å². The largest absolute Gasteiger partial charge is 0.312 e. The van der Waals surface area contributed by atoms with Gasteiger partial charge in [-0.3, -0.25) is 0 Å². The van der Waals surface area contributed by atoms with Crippen molar-refractivity contribution in [2.24, 2.45) is 0 Å². The summed E-state index contributed by atoms with van der Waals surface area (Å²) in [6, 6.07) is 14.0. The molecule has 0 fully saturated rings. The molecule has 0 radical (unpaired) electrons. The molecule has 2 aromatic carbocycles. The van der Waals surface area contributed by atoms with Gasteiger partial charge in [0.25, 0.3) is 0 Å². The molecule has 0 amide bonds. The highest BCUT2D eigenvalue weighted by Gasteiger charge is 2.31. The lowest BCUT2D eigenvalue weighted by atomic mass is 9.75. The summed E-state index contributed by atoms with van der Waals surface area (Å²) in [5.41, 5.74) is 1.63. The monoisotopic (exact) mass is 275 g/mol. The van der Waals surface area contributed by atoms with Crippen LogP contribution in [0.25, 0.3) is 0 Å². The second-order valence-corrected chi connectivity index (χ2v) is 5.48. The molecule has 1 N–H and O–H groups in total. The summed E-state index contributed by atoms with van der Waals surface area (Å²) in [6.07, 6.45) is 0. The van der Waals surface area contributed by atoms with Gasteiger partial charge in [-0.15, -0.1) is 0 Å². The third-order valence-electron chi connectivity index (χ3n) is 3.81. The van der Waals surface area contributed by atoms with Crippen LogP contribution in [0.15, 0.2) is 48.5 Å². The fraction of sp³-hybridized carbons (Fsp3) is 0.294. The van der Waals surface area contributed by atoms with Crippen molar-refractivity contribution in [3.05, 3.63) is 71.3 Å². The van der Waals surface area contributed by atoms with E-state index in [0.717, 1.165) is 11.1 Å². The summed E-state index contributed by atoms with van der Waals surface area (Å²) in [6.45, 7) is 4.18. The maximum atomic E-state index is 13.5. The van der Waals surface area contributed by atoms with E-state index in [-0.39, 0.29) is 11.5 Å². The molecule has 0 heterocycles. The first-order chi connectivity index (χ1) is 9.46. The molecule has 0 aliphatic rings. The molecule has 0 spiro atoms. The van der Waals surface area contributed by atoms with Gasteiger partial charge in [0.1, 0.15) is 0 Å². The van der Waals surface area contributed by atoms with Crippen LogP contribution in [0.2, 0.25) is 0 Å². The Morgan fingerprint density at radius 2 is 1.60 bits per heavy atom. The Balaban J connectivity index is 2.43. The lowest BCUT2D eigenvalue weighted by Crippen LogP contribution is -2.35. The fourth-order valence-corrected chi connectivity index (χ4v) is 2.67. The second-order valence-electron chi connectivity index (χ2n) is 5.48. The summed E-state index contributed by atoms with van der Waals surface area (Å²) < 4.78 is 26.6. The van der Waals surface area contributed by atoms with Crippen molar-refractivity contribution in [3.8, 4) is 0 Å². The first kappa shape index (κ1) is 14.7. The maximum Gasteiger partial charge on any atom is 0.159 e. The van der Waals surface area contributed by atoms with Gasteiger partial charge in [0.05, 0.1) is 0 Å². The van der Waals surface area contributed by atoms with Crippen LogP contribution in [0.4, 0.5) is 8.78 Å². The highest BCUT2D eigenvalue weighted by atomic mass is 19.2. The third kappa shape index (κ3) is 2.73.